The molecular weight excluding hydrogens is 232 g/mol. The van der Waals surface area contributed by atoms with E-state index in [2.05, 4.69) is 0 Å². The third-order valence-corrected chi connectivity index (χ3v) is 4.47. The number of rotatable bonds is 3. The number of ketones is 1. The molecule has 1 aliphatic rings. The number of ether oxygens (including phenoxy) is 1. The second-order valence-electron chi connectivity index (χ2n) is 4.56. The fourth-order valence-electron chi connectivity index (χ4n) is 2.24. The van der Waals surface area contributed by atoms with Crippen LogP contribution in [0.1, 0.15) is 27.9 Å². The van der Waals surface area contributed by atoms with Gasteiger partial charge in [0.1, 0.15) is 5.75 Å². The van der Waals surface area contributed by atoms with E-state index < -0.39 is 0 Å². The molecule has 1 aromatic carbocycles. The Labute approximate surface area is 107 Å². The average molecular weight is 250 g/mol. The lowest BCUT2D eigenvalue weighted by atomic mass is 9.92. The highest BCUT2D eigenvalue weighted by Crippen LogP contribution is 2.30. The van der Waals surface area contributed by atoms with E-state index in [1.807, 2.05) is 37.7 Å². The van der Waals surface area contributed by atoms with Gasteiger partial charge in [-0.3, -0.25) is 4.79 Å². The Kier molecular flexibility index (Phi) is 3.77. The third kappa shape index (κ3) is 2.49. The van der Waals surface area contributed by atoms with Crippen LogP contribution in [-0.2, 0) is 0 Å². The van der Waals surface area contributed by atoms with Gasteiger partial charge in [-0.25, -0.2) is 0 Å². The molecule has 1 saturated heterocycles. The molecule has 92 valence electrons. The highest BCUT2D eigenvalue weighted by Gasteiger charge is 2.25. The van der Waals surface area contributed by atoms with Gasteiger partial charge in [0.15, 0.2) is 5.78 Å². The Morgan fingerprint density at radius 2 is 2.12 bits per heavy atom. The van der Waals surface area contributed by atoms with Crippen LogP contribution in [0.2, 0.25) is 0 Å². The Bertz CT molecular complexity index is 434. The minimum absolute atomic E-state index is 0.214. The Hall–Kier alpha value is -0.960. The molecule has 1 aliphatic heterocycles. The molecule has 0 spiro atoms. The smallest absolute Gasteiger partial charge is 0.167 e. The number of carbonyl (C=O) groups excluding carboxylic acids is 1. The van der Waals surface area contributed by atoms with Gasteiger partial charge < -0.3 is 4.74 Å². The Morgan fingerprint density at radius 3 is 2.71 bits per heavy atom. The summed E-state index contributed by atoms with van der Waals surface area (Å²) in [6.45, 7) is 3.97. The molecule has 1 heterocycles. The summed E-state index contributed by atoms with van der Waals surface area (Å²) in [7, 11) is 1.66. The van der Waals surface area contributed by atoms with Crippen LogP contribution in [0.4, 0.5) is 0 Å². The third-order valence-electron chi connectivity index (χ3n) is 3.31. The van der Waals surface area contributed by atoms with Crippen molar-refractivity contribution in [1.82, 2.24) is 0 Å². The maximum atomic E-state index is 12.4. The van der Waals surface area contributed by atoms with Crippen molar-refractivity contribution in [2.24, 2.45) is 5.92 Å². The van der Waals surface area contributed by atoms with Crippen molar-refractivity contribution >= 4 is 17.5 Å². The number of carbonyl (C=O) groups is 1. The number of hydrogen-bond acceptors (Lipinski definition) is 3. The first-order valence-corrected chi connectivity index (χ1v) is 7.06. The molecule has 1 atom stereocenters. The fraction of sp³-hybridized carbons (Fsp3) is 0.500. The van der Waals surface area contributed by atoms with E-state index in [1.165, 1.54) is 0 Å². The van der Waals surface area contributed by atoms with E-state index in [4.69, 9.17) is 4.74 Å². The molecular formula is C14H18O2S. The predicted octanol–water partition coefficient (Wildman–Crippen LogP) is 3.25. The van der Waals surface area contributed by atoms with Crippen molar-refractivity contribution < 1.29 is 9.53 Å². The van der Waals surface area contributed by atoms with Crippen LogP contribution in [0.5, 0.6) is 5.75 Å². The summed E-state index contributed by atoms with van der Waals surface area (Å²) in [6.07, 6.45) is 1.02. The number of hydrogen-bond donors (Lipinski definition) is 0. The van der Waals surface area contributed by atoms with Crippen LogP contribution in [-0.4, -0.2) is 24.4 Å². The lowest BCUT2D eigenvalue weighted by molar-refractivity contribution is 0.0933. The average Bonchev–Trinajstić information content (AvgIpc) is 2.84. The number of Topliss-reactive ketones (excluding diaryl/α,β-unsaturated/α-hetero) is 1. The molecule has 0 N–H and O–H groups in total. The summed E-state index contributed by atoms with van der Waals surface area (Å²) >= 11 is 1.88. The molecule has 1 unspecified atom stereocenters. The first-order valence-electron chi connectivity index (χ1n) is 5.90. The standard InChI is InChI=1S/C14H18O2S/c1-9-7-13(16-3)10(2)6-12(9)14(15)11-4-5-17-8-11/h6-7,11H,4-5,8H2,1-3H3. The monoisotopic (exact) mass is 250 g/mol. The summed E-state index contributed by atoms with van der Waals surface area (Å²) in [5.41, 5.74) is 2.93. The topological polar surface area (TPSA) is 26.3 Å². The van der Waals surface area contributed by atoms with Crippen LogP contribution < -0.4 is 4.74 Å². The molecule has 0 aliphatic carbocycles. The SMILES string of the molecule is COc1cc(C)c(C(=O)C2CCSC2)cc1C. The summed E-state index contributed by atoms with van der Waals surface area (Å²) in [5.74, 6) is 3.47. The molecule has 1 aromatic rings. The second kappa shape index (κ2) is 5.13. The molecule has 0 aromatic heterocycles. The number of aryl methyl sites for hydroxylation is 2. The first kappa shape index (κ1) is 12.5. The van der Waals surface area contributed by atoms with Crippen LogP contribution >= 0.6 is 11.8 Å². The van der Waals surface area contributed by atoms with Crippen molar-refractivity contribution in [3.8, 4) is 5.75 Å². The van der Waals surface area contributed by atoms with Gasteiger partial charge in [-0.2, -0.15) is 11.8 Å². The van der Waals surface area contributed by atoms with E-state index in [-0.39, 0.29) is 5.92 Å². The van der Waals surface area contributed by atoms with Gasteiger partial charge in [-0.1, -0.05) is 0 Å². The summed E-state index contributed by atoms with van der Waals surface area (Å²) in [6, 6.07) is 3.93. The number of thioether (sulfide) groups is 1. The Morgan fingerprint density at radius 1 is 1.35 bits per heavy atom. The van der Waals surface area contributed by atoms with Gasteiger partial charge in [-0.15, -0.1) is 0 Å². The van der Waals surface area contributed by atoms with Gasteiger partial charge in [0.25, 0.3) is 0 Å². The molecule has 0 saturated carbocycles. The molecule has 0 bridgehead atoms. The van der Waals surface area contributed by atoms with Crippen molar-refractivity contribution in [3.63, 3.8) is 0 Å². The lowest BCUT2D eigenvalue weighted by Gasteiger charge is -2.13. The Balaban J connectivity index is 2.31. The number of methoxy groups -OCH3 is 1. The van der Waals surface area contributed by atoms with Gasteiger partial charge in [-0.05, 0) is 49.3 Å². The maximum Gasteiger partial charge on any atom is 0.167 e. The van der Waals surface area contributed by atoms with E-state index in [0.29, 0.717) is 5.78 Å². The fourth-order valence-corrected chi connectivity index (χ4v) is 3.46. The van der Waals surface area contributed by atoms with Gasteiger partial charge in [0.2, 0.25) is 0 Å². The normalized spacial score (nSPS) is 19.4. The molecule has 0 radical (unpaired) electrons. The molecule has 2 nitrogen and oxygen atoms in total. The molecule has 3 heteroatoms. The second-order valence-corrected chi connectivity index (χ2v) is 5.71. The van der Waals surface area contributed by atoms with Crippen LogP contribution in [0, 0.1) is 19.8 Å². The van der Waals surface area contributed by atoms with Crippen LogP contribution in [0.3, 0.4) is 0 Å². The maximum absolute atomic E-state index is 12.4. The van der Waals surface area contributed by atoms with Crippen molar-refractivity contribution in [2.45, 2.75) is 20.3 Å². The minimum atomic E-state index is 0.214. The first-order chi connectivity index (χ1) is 8.13. The zero-order valence-electron chi connectivity index (χ0n) is 10.6. The van der Waals surface area contributed by atoms with Crippen molar-refractivity contribution in [3.05, 3.63) is 28.8 Å². The molecule has 17 heavy (non-hydrogen) atoms. The highest BCUT2D eigenvalue weighted by atomic mass is 32.2. The zero-order valence-corrected chi connectivity index (χ0v) is 11.4. The van der Waals surface area contributed by atoms with Gasteiger partial charge >= 0.3 is 0 Å². The van der Waals surface area contributed by atoms with E-state index in [9.17, 15) is 4.79 Å². The molecule has 1 fully saturated rings. The summed E-state index contributed by atoms with van der Waals surface area (Å²) < 4.78 is 5.27. The highest BCUT2D eigenvalue weighted by molar-refractivity contribution is 7.99. The van der Waals surface area contributed by atoms with Crippen LogP contribution in [0.25, 0.3) is 0 Å². The summed E-state index contributed by atoms with van der Waals surface area (Å²) in [5, 5.41) is 0. The number of benzene rings is 1. The summed E-state index contributed by atoms with van der Waals surface area (Å²) in [4.78, 5) is 12.4. The quantitative estimate of drug-likeness (QED) is 0.770. The van der Waals surface area contributed by atoms with Gasteiger partial charge in [0, 0.05) is 17.2 Å². The zero-order chi connectivity index (χ0) is 12.4. The van der Waals surface area contributed by atoms with Crippen molar-refractivity contribution in [1.29, 1.82) is 0 Å². The minimum Gasteiger partial charge on any atom is -0.496 e. The van der Waals surface area contributed by atoms with Crippen molar-refractivity contribution in [2.75, 3.05) is 18.6 Å². The largest absolute Gasteiger partial charge is 0.496 e. The lowest BCUT2D eigenvalue weighted by Crippen LogP contribution is -2.15. The van der Waals surface area contributed by atoms with E-state index >= 15 is 0 Å². The predicted molar refractivity (Wildman–Crippen MR) is 72.2 cm³/mol. The van der Waals surface area contributed by atoms with Crippen LogP contribution in [0.15, 0.2) is 12.1 Å². The van der Waals surface area contributed by atoms with E-state index in [1.54, 1.807) is 7.11 Å². The van der Waals surface area contributed by atoms with E-state index in [0.717, 1.165) is 40.4 Å². The molecule has 0 amide bonds. The van der Waals surface area contributed by atoms with Gasteiger partial charge in [0.05, 0.1) is 7.11 Å². The molecule has 2 rings (SSSR count).